The lowest BCUT2D eigenvalue weighted by molar-refractivity contribution is 0.0829. The minimum absolute atomic E-state index is 0.194. The third-order valence-electron chi connectivity index (χ3n) is 5.19. The molecule has 4 aromatic heterocycles. The van der Waals surface area contributed by atoms with Gasteiger partial charge in [-0.1, -0.05) is 6.07 Å². The van der Waals surface area contributed by atoms with Crippen LogP contribution in [0.1, 0.15) is 10.4 Å². The first-order valence-electron chi connectivity index (χ1n) is 10.2. The monoisotopic (exact) mass is 476 g/mol. The van der Waals surface area contributed by atoms with E-state index in [2.05, 4.69) is 34.9 Å². The van der Waals surface area contributed by atoms with Gasteiger partial charge in [-0.3, -0.25) is 24.6 Å². The summed E-state index contributed by atoms with van der Waals surface area (Å²) in [5, 5.41) is 8.23. The Morgan fingerprint density at radius 2 is 1.79 bits per heavy atom. The molecule has 5 aromatic rings. The number of hydrogen-bond donors (Lipinski definition) is 3. The number of H-pyrrole nitrogens is 2. The van der Waals surface area contributed by atoms with Crippen LogP contribution in [0.4, 0.5) is 5.69 Å². The first-order chi connectivity index (χ1) is 16.2. The lowest BCUT2D eigenvalue weighted by Crippen LogP contribution is -2.22. The quantitative estimate of drug-likeness (QED) is 0.353. The van der Waals surface area contributed by atoms with Gasteiger partial charge in [0, 0.05) is 37.4 Å². The Morgan fingerprint density at radius 3 is 2.56 bits per heavy atom. The predicted octanol–water partition coefficient (Wildman–Crippen LogP) is 2.64. The van der Waals surface area contributed by atoms with Crippen LogP contribution in [0.15, 0.2) is 49.1 Å². The molecule has 3 N–H and O–H groups in total. The van der Waals surface area contributed by atoms with Crippen LogP contribution in [0.2, 0.25) is 0 Å². The molecule has 172 valence electrons. The molecule has 0 spiro atoms. The molecular formula is C22H20N8O3S. The maximum absolute atomic E-state index is 12.5. The number of aromatic nitrogens is 6. The van der Waals surface area contributed by atoms with Gasteiger partial charge in [0.1, 0.15) is 11.2 Å². The van der Waals surface area contributed by atoms with E-state index in [0.717, 1.165) is 28.3 Å². The SMILES string of the molecule is CN(C)C(=O)c1cncc2[nH]c(-c3n[nH]c4ccc(-c5cncc(NS(C)(=O)=O)c5)cc34)nc12. The Balaban J connectivity index is 1.60. The zero-order valence-corrected chi connectivity index (χ0v) is 19.3. The van der Waals surface area contributed by atoms with Crippen LogP contribution < -0.4 is 4.72 Å². The van der Waals surface area contributed by atoms with Crippen molar-refractivity contribution in [1.82, 2.24) is 35.0 Å². The Hall–Kier alpha value is -4.32. The summed E-state index contributed by atoms with van der Waals surface area (Å²) in [6.07, 6.45) is 7.30. The van der Waals surface area contributed by atoms with Crippen LogP contribution in [0, 0.1) is 0 Å². The van der Waals surface area contributed by atoms with Crippen molar-refractivity contribution in [2.75, 3.05) is 25.1 Å². The number of imidazole rings is 1. The van der Waals surface area contributed by atoms with Gasteiger partial charge in [-0.15, -0.1) is 0 Å². The molecule has 12 heteroatoms. The number of benzene rings is 1. The summed E-state index contributed by atoms with van der Waals surface area (Å²) in [6.45, 7) is 0. The van der Waals surface area contributed by atoms with Crippen LogP contribution in [-0.4, -0.2) is 69.7 Å². The van der Waals surface area contributed by atoms with E-state index in [4.69, 9.17) is 0 Å². The summed E-state index contributed by atoms with van der Waals surface area (Å²) in [5.74, 6) is 0.297. The van der Waals surface area contributed by atoms with Gasteiger partial charge in [-0.2, -0.15) is 5.10 Å². The van der Waals surface area contributed by atoms with E-state index < -0.39 is 10.0 Å². The van der Waals surface area contributed by atoms with Crippen LogP contribution in [0.3, 0.4) is 0 Å². The van der Waals surface area contributed by atoms with E-state index in [0.29, 0.717) is 33.8 Å². The number of aromatic amines is 2. The number of hydrogen-bond acceptors (Lipinski definition) is 7. The van der Waals surface area contributed by atoms with E-state index >= 15 is 0 Å². The predicted molar refractivity (Wildman–Crippen MR) is 129 cm³/mol. The highest BCUT2D eigenvalue weighted by Gasteiger charge is 2.19. The number of carbonyl (C=O) groups excluding carboxylic acids is 1. The third-order valence-corrected chi connectivity index (χ3v) is 5.80. The maximum Gasteiger partial charge on any atom is 0.257 e. The zero-order chi connectivity index (χ0) is 24.0. The average molecular weight is 477 g/mol. The van der Waals surface area contributed by atoms with Gasteiger partial charge in [0.15, 0.2) is 5.82 Å². The van der Waals surface area contributed by atoms with E-state index in [9.17, 15) is 13.2 Å². The minimum atomic E-state index is -3.42. The third kappa shape index (κ3) is 3.94. The van der Waals surface area contributed by atoms with Gasteiger partial charge < -0.3 is 9.88 Å². The fraction of sp³-hybridized carbons (Fsp3) is 0.136. The Kier molecular flexibility index (Phi) is 5.01. The number of rotatable bonds is 5. The molecule has 1 aromatic carbocycles. The molecule has 0 atom stereocenters. The number of fused-ring (bicyclic) bond motifs is 2. The van der Waals surface area contributed by atoms with Crippen LogP contribution >= 0.6 is 0 Å². The molecule has 0 unspecified atom stereocenters. The molecule has 0 fully saturated rings. The molecule has 4 heterocycles. The highest BCUT2D eigenvalue weighted by atomic mass is 32.2. The van der Waals surface area contributed by atoms with Gasteiger partial charge in [0.2, 0.25) is 10.0 Å². The van der Waals surface area contributed by atoms with E-state index in [1.165, 1.54) is 17.3 Å². The standard InChI is InChI=1S/C22H20N8O3S/c1-30(2)22(31)16-10-24-11-18-19(16)26-21(25-18)20-15-7-12(4-5-17(15)27-28-20)13-6-14(9-23-8-13)29-34(3,32)33/h4-11,29H,1-3H3,(H,25,26)(H,27,28). The number of carbonyl (C=O) groups is 1. The van der Waals surface area contributed by atoms with Crippen LogP contribution in [0.5, 0.6) is 0 Å². The summed E-state index contributed by atoms with van der Waals surface area (Å²) in [6, 6.07) is 7.40. The minimum Gasteiger partial charge on any atom is -0.345 e. The number of amides is 1. The molecule has 11 nitrogen and oxygen atoms in total. The molecule has 0 bridgehead atoms. The molecule has 0 saturated carbocycles. The molecule has 0 aliphatic carbocycles. The van der Waals surface area contributed by atoms with Crippen molar-refractivity contribution in [3.63, 3.8) is 0 Å². The zero-order valence-electron chi connectivity index (χ0n) is 18.5. The number of nitrogens with zero attached hydrogens (tertiary/aromatic N) is 5. The number of nitrogens with one attached hydrogen (secondary N) is 3. The summed E-state index contributed by atoms with van der Waals surface area (Å²) >= 11 is 0. The smallest absolute Gasteiger partial charge is 0.257 e. The van der Waals surface area contributed by atoms with Crippen molar-refractivity contribution in [1.29, 1.82) is 0 Å². The molecule has 0 aliphatic rings. The molecule has 0 saturated heterocycles. The average Bonchev–Trinajstić information content (AvgIpc) is 3.40. The Labute approximate surface area is 194 Å². The molecule has 1 amide bonds. The fourth-order valence-corrected chi connectivity index (χ4v) is 4.22. The van der Waals surface area contributed by atoms with Gasteiger partial charge >= 0.3 is 0 Å². The van der Waals surface area contributed by atoms with Crippen LogP contribution in [-0.2, 0) is 10.0 Å². The molecule has 0 aliphatic heterocycles. The second kappa shape index (κ2) is 7.92. The van der Waals surface area contributed by atoms with Gasteiger partial charge in [0.25, 0.3) is 5.91 Å². The second-order valence-corrected chi connectivity index (χ2v) is 9.79. The highest BCUT2D eigenvalue weighted by molar-refractivity contribution is 7.92. The van der Waals surface area contributed by atoms with Crippen molar-refractivity contribution >= 4 is 43.6 Å². The Bertz CT molecular complexity index is 1670. The number of anilines is 1. The molecule has 0 radical (unpaired) electrons. The summed E-state index contributed by atoms with van der Waals surface area (Å²) in [5.41, 5.74) is 4.83. The summed E-state index contributed by atoms with van der Waals surface area (Å²) < 4.78 is 25.6. The van der Waals surface area contributed by atoms with E-state index in [1.807, 2.05) is 18.2 Å². The second-order valence-electron chi connectivity index (χ2n) is 8.04. The number of pyridine rings is 2. The van der Waals surface area contributed by atoms with Gasteiger partial charge in [0.05, 0.1) is 40.9 Å². The molecule has 34 heavy (non-hydrogen) atoms. The lowest BCUT2D eigenvalue weighted by Gasteiger charge is -2.09. The summed E-state index contributed by atoms with van der Waals surface area (Å²) in [7, 11) is -0.0753. The first-order valence-corrected chi connectivity index (χ1v) is 12.1. The maximum atomic E-state index is 12.5. The largest absolute Gasteiger partial charge is 0.345 e. The van der Waals surface area contributed by atoms with Crippen molar-refractivity contribution in [2.24, 2.45) is 0 Å². The molecular weight excluding hydrogens is 456 g/mol. The van der Waals surface area contributed by atoms with E-state index in [1.54, 1.807) is 32.6 Å². The number of sulfonamides is 1. The molecule has 5 rings (SSSR count). The van der Waals surface area contributed by atoms with Crippen molar-refractivity contribution in [3.8, 4) is 22.6 Å². The Morgan fingerprint density at radius 1 is 1.00 bits per heavy atom. The van der Waals surface area contributed by atoms with Crippen molar-refractivity contribution in [3.05, 3.63) is 54.6 Å². The highest BCUT2D eigenvalue weighted by Crippen LogP contribution is 2.31. The summed E-state index contributed by atoms with van der Waals surface area (Å²) in [4.78, 5) is 30.2. The fourth-order valence-electron chi connectivity index (χ4n) is 3.68. The first kappa shape index (κ1) is 21.5. The lowest BCUT2D eigenvalue weighted by atomic mass is 10.0. The normalized spacial score (nSPS) is 11.7. The van der Waals surface area contributed by atoms with Crippen molar-refractivity contribution < 1.29 is 13.2 Å². The van der Waals surface area contributed by atoms with E-state index in [-0.39, 0.29) is 5.91 Å². The van der Waals surface area contributed by atoms with Gasteiger partial charge in [-0.05, 0) is 23.8 Å². The topological polar surface area (TPSA) is 150 Å². The van der Waals surface area contributed by atoms with Crippen LogP contribution in [0.25, 0.3) is 44.6 Å². The van der Waals surface area contributed by atoms with Crippen molar-refractivity contribution in [2.45, 2.75) is 0 Å². The van der Waals surface area contributed by atoms with Gasteiger partial charge in [-0.25, -0.2) is 13.4 Å².